The molecule has 1 saturated carbocycles. The van der Waals surface area contributed by atoms with Gasteiger partial charge in [0.15, 0.2) is 0 Å². The number of pyridine rings is 1. The first kappa shape index (κ1) is 25.3. The molecular weight excluding hydrogens is 490 g/mol. The zero-order valence-electron chi connectivity index (χ0n) is 21.5. The standard InChI is InChI=1S/C28H32ClN5O3/c1-28(2,3)37-27(36)33-16-14-32(15-17-33)23(35)18-34-25(20-10-12-30-13-11-20)24(31-26(34)21-4-5-21)19-6-8-22(29)9-7-19/h6-13,21H,4-5,14-18H2,1-3H3. The quantitative estimate of drug-likeness (QED) is 0.459. The van der Waals surface area contributed by atoms with Crippen molar-refractivity contribution in [3.05, 3.63) is 59.6 Å². The molecule has 9 heteroatoms. The summed E-state index contributed by atoms with van der Waals surface area (Å²) in [4.78, 5) is 38.8. The highest BCUT2D eigenvalue weighted by atomic mass is 35.5. The Bertz CT molecular complexity index is 1270. The fourth-order valence-electron chi connectivity index (χ4n) is 4.60. The minimum atomic E-state index is -0.546. The third kappa shape index (κ3) is 5.80. The van der Waals surface area contributed by atoms with Gasteiger partial charge in [0.1, 0.15) is 18.0 Å². The molecular formula is C28H32ClN5O3. The van der Waals surface area contributed by atoms with Crippen LogP contribution >= 0.6 is 11.6 Å². The molecule has 3 aromatic rings. The molecule has 0 radical (unpaired) electrons. The molecule has 194 valence electrons. The largest absolute Gasteiger partial charge is 0.444 e. The number of aromatic nitrogens is 3. The van der Waals surface area contributed by atoms with Gasteiger partial charge in [0.05, 0.1) is 11.4 Å². The molecule has 0 spiro atoms. The third-order valence-corrected chi connectivity index (χ3v) is 6.84. The first-order chi connectivity index (χ1) is 17.7. The number of imidazole rings is 1. The van der Waals surface area contributed by atoms with Crippen LogP contribution in [-0.2, 0) is 16.1 Å². The van der Waals surface area contributed by atoms with Gasteiger partial charge in [-0.25, -0.2) is 9.78 Å². The average molecular weight is 522 g/mol. The predicted molar refractivity (Wildman–Crippen MR) is 142 cm³/mol. The Hall–Kier alpha value is -3.39. The molecule has 0 bridgehead atoms. The summed E-state index contributed by atoms with van der Waals surface area (Å²) in [7, 11) is 0. The van der Waals surface area contributed by atoms with E-state index in [0.29, 0.717) is 37.1 Å². The molecule has 2 amide bonds. The van der Waals surface area contributed by atoms with Crippen molar-refractivity contribution in [3.63, 3.8) is 0 Å². The van der Waals surface area contributed by atoms with Gasteiger partial charge in [0.25, 0.3) is 0 Å². The molecule has 8 nitrogen and oxygen atoms in total. The molecule has 5 rings (SSSR count). The Morgan fingerprint density at radius 1 is 0.946 bits per heavy atom. The lowest BCUT2D eigenvalue weighted by molar-refractivity contribution is -0.133. The number of rotatable bonds is 5. The van der Waals surface area contributed by atoms with Crippen LogP contribution in [-0.4, -0.2) is 68.1 Å². The SMILES string of the molecule is CC(C)(C)OC(=O)N1CCN(C(=O)Cn2c(C3CC3)nc(-c3ccc(Cl)cc3)c2-c2ccncc2)CC1. The third-order valence-electron chi connectivity index (χ3n) is 6.59. The minimum absolute atomic E-state index is 0.0149. The fourth-order valence-corrected chi connectivity index (χ4v) is 4.72. The second-order valence-electron chi connectivity index (χ2n) is 10.6. The van der Waals surface area contributed by atoms with Gasteiger partial charge in [0.2, 0.25) is 5.91 Å². The van der Waals surface area contributed by atoms with Gasteiger partial charge < -0.3 is 19.1 Å². The van der Waals surface area contributed by atoms with Crippen molar-refractivity contribution in [3.8, 4) is 22.5 Å². The number of benzene rings is 1. The maximum absolute atomic E-state index is 13.6. The summed E-state index contributed by atoms with van der Waals surface area (Å²) < 4.78 is 7.58. The van der Waals surface area contributed by atoms with E-state index in [1.807, 2.05) is 62.1 Å². The highest BCUT2D eigenvalue weighted by Gasteiger charge is 2.34. The van der Waals surface area contributed by atoms with Gasteiger partial charge >= 0.3 is 6.09 Å². The van der Waals surface area contributed by atoms with Gasteiger partial charge in [-0.1, -0.05) is 23.7 Å². The highest BCUT2D eigenvalue weighted by molar-refractivity contribution is 6.30. The lowest BCUT2D eigenvalue weighted by Gasteiger charge is -2.35. The van der Waals surface area contributed by atoms with E-state index in [1.165, 1.54) is 0 Å². The molecule has 2 aliphatic rings. The number of carbonyl (C=O) groups is 2. The van der Waals surface area contributed by atoms with Gasteiger partial charge in [0, 0.05) is 60.6 Å². The Morgan fingerprint density at radius 2 is 1.57 bits per heavy atom. The van der Waals surface area contributed by atoms with Crippen LogP contribution in [0.15, 0.2) is 48.8 Å². The molecule has 37 heavy (non-hydrogen) atoms. The monoisotopic (exact) mass is 521 g/mol. The van der Waals surface area contributed by atoms with E-state index < -0.39 is 5.60 Å². The summed E-state index contributed by atoms with van der Waals surface area (Å²) in [6.45, 7) is 7.60. The molecule has 1 aromatic carbocycles. The predicted octanol–water partition coefficient (Wildman–Crippen LogP) is 5.22. The van der Waals surface area contributed by atoms with Crippen molar-refractivity contribution < 1.29 is 14.3 Å². The van der Waals surface area contributed by atoms with E-state index in [-0.39, 0.29) is 18.5 Å². The maximum atomic E-state index is 13.6. The average Bonchev–Trinajstić information content (AvgIpc) is 3.65. The van der Waals surface area contributed by atoms with Crippen molar-refractivity contribution >= 4 is 23.6 Å². The van der Waals surface area contributed by atoms with Gasteiger partial charge in [-0.3, -0.25) is 9.78 Å². The summed E-state index contributed by atoms with van der Waals surface area (Å²) in [6.07, 6.45) is 5.31. The van der Waals surface area contributed by atoms with Gasteiger partial charge in [-0.05, 0) is 57.9 Å². The summed E-state index contributed by atoms with van der Waals surface area (Å²) in [6, 6.07) is 11.6. The minimum Gasteiger partial charge on any atom is -0.444 e. The van der Waals surface area contributed by atoms with Crippen LogP contribution < -0.4 is 0 Å². The molecule has 3 heterocycles. The van der Waals surface area contributed by atoms with Crippen molar-refractivity contribution in [2.24, 2.45) is 0 Å². The van der Waals surface area contributed by atoms with Crippen LogP contribution in [0.1, 0.15) is 45.4 Å². The molecule has 0 N–H and O–H groups in total. The summed E-state index contributed by atoms with van der Waals surface area (Å²) >= 11 is 6.15. The van der Waals surface area contributed by atoms with E-state index in [0.717, 1.165) is 41.2 Å². The van der Waals surface area contributed by atoms with Crippen LogP contribution in [0.25, 0.3) is 22.5 Å². The molecule has 2 fully saturated rings. The highest BCUT2D eigenvalue weighted by Crippen LogP contribution is 2.44. The number of nitrogens with zero attached hydrogens (tertiary/aromatic N) is 5. The van der Waals surface area contributed by atoms with Crippen molar-refractivity contribution in [2.75, 3.05) is 26.2 Å². The molecule has 0 unspecified atom stereocenters. The van der Waals surface area contributed by atoms with Crippen molar-refractivity contribution in [2.45, 2.75) is 51.7 Å². The van der Waals surface area contributed by atoms with E-state index in [9.17, 15) is 9.59 Å². The number of halogens is 1. The van der Waals surface area contributed by atoms with E-state index in [4.69, 9.17) is 21.3 Å². The number of hydrogen-bond acceptors (Lipinski definition) is 5. The smallest absolute Gasteiger partial charge is 0.410 e. The topological polar surface area (TPSA) is 80.6 Å². The Labute approximate surface area is 222 Å². The number of carbonyl (C=O) groups excluding carboxylic acids is 2. The number of amides is 2. The molecule has 1 aliphatic carbocycles. The van der Waals surface area contributed by atoms with Crippen LogP contribution in [0.5, 0.6) is 0 Å². The number of piperazine rings is 1. The zero-order valence-corrected chi connectivity index (χ0v) is 22.2. The first-order valence-electron chi connectivity index (χ1n) is 12.7. The number of hydrogen-bond donors (Lipinski definition) is 0. The van der Waals surface area contributed by atoms with E-state index >= 15 is 0 Å². The molecule has 0 atom stereocenters. The van der Waals surface area contributed by atoms with E-state index in [1.54, 1.807) is 17.3 Å². The summed E-state index contributed by atoms with van der Waals surface area (Å²) in [5, 5.41) is 0.664. The lowest BCUT2D eigenvalue weighted by atomic mass is 10.1. The normalized spacial score (nSPS) is 16.1. The fraction of sp³-hybridized carbons (Fsp3) is 0.429. The summed E-state index contributed by atoms with van der Waals surface area (Å²) in [5.41, 5.74) is 3.12. The Kier molecular flexibility index (Phi) is 6.94. The lowest BCUT2D eigenvalue weighted by Crippen LogP contribution is -2.52. The number of ether oxygens (including phenoxy) is 1. The van der Waals surface area contributed by atoms with Crippen LogP contribution in [0.4, 0.5) is 4.79 Å². The van der Waals surface area contributed by atoms with Crippen molar-refractivity contribution in [1.82, 2.24) is 24.3 Å². The van der Waals surface area contributed by atoms with Gasteiger partial charge in [-0.15, -0.1) is 0 Å². The molecule has 1 aliphatic heterocycles. The Morgan fingerprint density at radius 3 is 2.16 bits per heavy atom. The van der Waals surface area contributed by atoms with E-state index in [2.05, 4.69) is 9.55 Å². The second-order valence-corrected chi connectivity index (χ2v) is 11.1. The molecule has 1 saturated heterocycles. The molecule has 2 aromatic heterocycles. The van der Waals surface area contributed by atoms with Crippen LogP contribution in [0.3, 0.4) is 0 Å². The maximum Gasteiger partial charge on any atom is 0.410 e. The zero-order chi connectivity index (χ0) is 26.2. The van der Waals surface area contributed by atoms with Crippen molar-refractivity contribution in [1.29, 1.82) is 0 Å². The van der Waals surface area contributed by atoms with Crippen LogP contribution in [0, 0.1) is 0 Å². The summed E-state index contributed by atoms with van der Waals surface area (Å²) in [5.74, 6) is 1.30. The first-order valence-corrected chi connectivity index (χ1v) is 13.1. The Balaban J connectivity index is 1.41. The van der Waals surface area contributed by atoms with Gasteiger partial charge in [-0.2, -0.15) is 0 Å². The second kappa shape index (κ2) is 10.2. The van der Waals surface area contributed by atoms with Crippen LogP contribution in [0.2, 0.25) is 5.02 Å².